The van der Waals surface area contributed by atoms with Gasteiger partial charge in [-0.1, -0.05) is 31.8 Å². The minimum Gasteiger partial charge on any atom is -0.392 e. The zero-order chi connectivity index (χ0) is 9.61. The lowest BCUT2D eigenvalue weighted by Gasteiger charge is -2.11. The largest absolute Gasteiger partial charge is 0.392 e. The van der Waals surface area contributed by atoms with E-state index in [9.17, 15) is 0 Å². The first-order valence-electron chi connectivity index (χ1n) is 4.35. The summed E-state index contributed by atoms with van der Waals surface area (Å²) in [6.07, 6.45) is 4.52. The molecule has 12 heavy (non-hydrogen) atoms. The Morgan fingerprint density at radius 3 is 2.33 bits per heavy atom. The fraction of sp³-hybridized carbons (Fsp3) is 0.778. The fourth-order valence-electron chi connectivity index (χ4n) is 0.753. The highest BCUT2D eigenvalue weighted by molar-refractivity contribution is 6.76. The first-order valence-corrected chi connectivity index (χ1v) is 8.59. The molecule has 1 N–H and O–H groups in total. The summed E-state index contributed by atoms with van der Waals surface area (Å²) in [5.74, 6) is 0.331. The van der Waals surface area contributed by atoms with Crippen molar-refractivity contribution in [2.24, 2.45) is 0 Å². The fourth-order valence-corrected chi connectivity index (χ4v) is 1.75. The van der Waals surface area contributed by atoms with Gasteiger partial charge in [-0.25, -0.2) is 0 Å². The summed E-state index contributed by atoms with van der Waals surface area (Å²) in [4.78, 5) is 0. The third-order valence-electron chi connectivity index (χ3n) is 1.48. The molecule has 0 rings (SSSR count). The number of aliphatic hydroxyl groups is 1. The lowest BCUT2D eigenvalue weighted by molar-refractivity contribution is 0.202. The van der Waals surface area contributed by atoms with E-state index in [1.807, 2.05) is 6.08 Å². The Morgan fingerprint density at radius 1 is 1.33 bits per heavy atom. The van der Waals surface area contributed by atoms with Crippen molar-refractivity contribution in [1.82, 2.24) is 0 Å². The van der Waals surface area contributed by atoms with Gasteiger partial charge in [-0.15, -0.1) is 11.6 Å². The molecule has 0 aliphatic carbocycles. The number of hydrogen-bond acceptors (Lipinski definition) is 1. The third kappa shape index (κ3) is 8.30. The zero-order valence-corrected chi connectivity index (χ0v) is 9.93. The third-order valence-corrected chi connectivity index (χ3v) is 3.30. The van der Waals surface area contributed by atoms with E-state index in [2.05, 4.69) is 25.7 Å². The number of halogens is 1. The second-order valence-electron chi connectivity index (χ2n) is 4.28. The maximum atomic E-state index is 9.12. The molecule has 0 radical (unpaired) electrons. The highest BCUT2D eigenvalue weighted by atomic mass is 35.5. The summed E-state index contributed by atoms with van der Waals surface area (Å²) in [5.41, 5.74) is 0. The van der Waals surface area contributed by atoms with Crippen molar-refractivity contribution in [2.75, 3.05) is 5.88 Å². The summed E-state index contributed by atoms with van der Waals surface area (Å²) < 4.78 is 0. The van der Waals surface area contributed by atoms with Gasteiger partial charge in [0.15, 0.2) is 0 Å². The normalized spacial score (nSPS) is 15.4. The molecule has 0 amide bonds. The van der Waals surface area contributed by atoms with Gasteiger partial charge in [0.25, 0.3) is 0 Å². The number of alkyl halides is 1. The number of hydrogen-bond donors (Lipinski definition) is 1. The van der Waals surface area contributed by atoms with Crippen LogP contribution in [-0.4, -0.2) is 25.2 Å². The topological polar surface area (TPSA) is 20.2 Å². The Labute approximate surface area is 81.4 Å². The second-order valence-corrected chi connectivity index (χ2v) is 10.1. The van der Waals surface area contributed by atoms with Crippen LogP contribution in [0, 0.1) is 0 Å². The predicted molar refractivity (Wildman–Crippen MR) is 58.6 cm³/mol. The summed E-state index contributed by atoms with van der Waals surface area (Å²) >= 11 is 5.45. The van der Waals surface area contributed by atoms with Gasteiger partial charge >= 0.3 is 0 Å². The van der Waals surface area contributed by atoms with Gasteiger partial charge in [-0.2, -0.15) is 0 Å². The molecule has 3 heteroatoms. The van der Waals surface area contributed by atoms with Crippen LogP contribution in [-0.2, 0) is 0 Å². The average molecular weight is 207 g/mol. The Morgan fingerprint density at radius 2 is 1.92 bits per heavy atom. The molecule has 1 unspecified atom stereocenters. The number of rotatable bonds is 5. The molecule has 0 heterocycles. The van der Waals surface area contributed by atoms with E-state index in [0.29, 0.717) is 12.3 Å². The number of allylic oxidation sites excluding steroid dienone is 1. The Bertz CT molecular complexity index is 140. The Kier molecular flexibility index (Phi) is 5.88. The van der Waals surface area contributed by atoms with Crippen molar-refractivity contribution in [2.45, 2.75) is 38.2 Å². The van der Waals surface area contributed by atoms with E-state index in [1.165, 1.54) is 6.04 Å². The van der Waals surface area contributed by atoms with Gasteiger partial charge < -0.3 is 5.11 Å². The molecule has 0 aliphatic rings. The van der Waals surface area contributed by atoms with Crippen molar-refractivity contribution < 1.29 is 5.11 Å². The van der Waals surface area contributed by atoms with E-state index in [1.54, 1.807) is 0 Å². The van der Waals surface area contributed by atoms with E-state index < -0.39 is 8.07 Å². The van der Waals surface area contributed by atoms with Crippen LogP contribution in [0.1, 0.15) is 6.42 Å². The molecule has 0 aliphatic heterocycles. The van der Waals surface area contributed by atoms with Crippen molar-refractivity contribution in [1.29, 1.82) is 0 Å². The maximum Gasteiger partial charge on any atom is 0.0709 e. The molecule has 0 fully saturated rings. The predicted octanol–water partition coefficient (Wildman–Crippen LogP) is 2.87. The van der Waals surface area contributed by atoms with Crippen LogP contribution < -0.4 is 0 Å². The summed E-state index contributed by atoms with van der Waals surface area (Å²) in [5, 5.41) is 9.12. The molecule has 0 bridgehead atoms. The minimum absolute atomic E-state index is 0.331. The highest BCUT2D eigenvalue weighted by Gasteiger charge is 2.09. The first kappa shape index (κ1) is 12.2. The Hall–Kier alpha value is 0.207. The second kappa shape index (κ2) is 5.78. The smallest absolute Gasteiger partial charge is 0.0709 e. The molecule has 72 valence electrons. The first-order chi connectivity index (χ1) is 5.45. The summed E-state index contributed by atoms with van der Waals surface area (Å²) in [7, 11) is -0.941. The van der Waals surface area contributed by atoms with Crippen molar-refractivity contribution in [3.05, 3.63) is 12.2 Å². The quantitative estimate of drug-likeness (QED) is 0.417. The van der Waals surface area contributed by atoms with Gasteiger partial charge in [-0.3, -0.25) is 0 Å². The van der Waals surface area contributed by atoms with Crippen LogP contribution in [0.3, 0.4) is 0 Å². The molecule has 1 atom stereocenters. The van der Waals surface area contributed by atoms with Gasteiger partial charge in [-0.05, 0) is 12.5 Å². The summed E-state index contributed by atoms with van der Waals surface area (Å²) in [6, 6.07) is 1.18. The van der Waals surface area contributed by atoms with Crippen LogP contribution in [0.25, 0.3) is 0 Å². The highest BCUT2D eigenvalue weighted by Crippen LogP contribution is 2.09. The minimum atomic E-state index is -0.941. The van der Waals surface area contributed by atoms with E-state index in [4.69, 9.17) is 16.7 Å². The molecule has 0 aromatic heterocycles. The molecule has 1 nitrogen and oxygen atoms in total. The average Bonchev–Trinajstić information content (AvgIpc) is 1.96. The summed E-state index contributed by atoms with van der Waals surface area (Å²) in [6.45, 7) is 6.99. The molecular formula is C9H19ClOSi. The standard InChI is InChI=1S/C9H19ClOSi/c1-12(2,3)7-5-4-6-9(11)8-10/h4-5,9,11H,6-8H2,1-3H3. The Balaban J connectivity index is 3.50. The van der Waals surface area contributed by atoms with Gasteiger partial charge in [0.2, 0.25) is 0 Å². The van der Waals surface area contributed by atoms with E-state index >= 15 is 0 Å². The molecule has 0 saturated carbocycles. The van der Waals surface area contributed by atoms with Gasteiger partial charge in [0.1, 0.15) is 0 Å². The van der Waals surface area contributed by atoms with Crippen molar-refractivity contribution in [3.8, 4) is 0 Å². The maximum absolute atomic E-state index is 9.12. The van der Waals surface area contributed by atoms with Crippen LogP contribution in [0.4, 0.5) is 0 Å². The van der Waals surface area contributed by atoms with Crippen LogP contribution in [0.15, 0.2) is 12.2 Å². The van der Waals surface area contributed by atoms with Crippen LogP contribution >= 0.6 is 11.6 Å². The lowest BCUT2D eigenvalue weighted by Crippen LogP contribution is -2.17. The molecule has 0 spiro atoms. The molecular weight excluding hydrogens is 188 g/mol. The monoisotopic (exact) mass is 206 g/mol. The molecule has 0 saturated heterocycles. The van der Waals surface area contributed by atoms with Crippen molar-refractivity contribution in [3.63, 3.8) is 0 Å². The van der Waals surface area contributed by atoms with E-state index in [0.717, 1.165) is 0 Å². The van der Waals surface area contributed by atoms with E-state index in [-0.39, 0.29) is 6.10 Å². The number of aliphatic hydroxyl groups excluding tert-OH is 1. The lowest BCUT2D eigenvalue weighted by atomic mass is 10.3. The van der Waals surface area contributed by atoms with Gasteiger partial charge in [0, 0.05) is 14.0 Å². The SMILES string of the molecule is C[Si](C)(C)CC=CCC(O)CCl. The van der Waals surface area contributed by atoms with Crippen LogP contribution in [0.5, 0.6) is 0 Å². The molecule has 0 aromatic carbocycles. The van der Waals surface area contributed by atoms with Crippen LogP contribution in [0.2, 0.25) is 25.7 Å². The van der Waals surface area contributed by atoms with Gasteiger partial charge in [0.05, 0.1) is 6.10 Å². The zero-order valence-electron chi connectivity index (χ0n) is 8.18. The van der Waals surface area contributed by atoms with Crippen molar-refractivity contribution >= 4 is 19.7 Å². The molecule has 0 aromatic rings.